The first kappa shape index (κ1) is 9.39. The molecule has 2 aromatic rings. The predicted molar refractivity (Wildman–Crippen MR) is 54.2 cm³/mol. The second-order valence-corrected chi connectivity index (χ2v) is 3.67. The molecule has 0 aliphatic carbocycles. The van der Waals surface area contributed by atoms with Gasteiger partial charge in [0, 0.05) is 6.54 Å². The summed E-state index contributed by atoms with van der Waals surface area (Å²) in [6.45, 7) is 0.559. The molecule has 0 aliphatic heterocycles. The van der Waals surface area contributed by atoms with Gasteiger partial charge in [0.15, 0.2) is 0 Å². The summed E-state index contributed by atoms with van der Waals surface area (Å²) in [5.74, 6) is 0. The van der Waals surface area contributed by atoms with E-state index in [1.165, 1.54) is 0 Å². The summed E-state index contributed by atoms with van der Waals surface area (Å²) >= 11 is 1.11. The van der Waals surface area contributed by atoms with Crippen LogP contribution in [0.25, 0.3) is 10.3 Å². The van der Waals surface area contributed by atoms with Gasteiger partial charge in [0.2, 0.25) is 0 Å². The molecule has 1 N–H and O–H groups in total. The van der Waals surface area contributed by atoms with Gasteiger partial charge in [-0.1, -0.05) is 23.5 Å². The number of hydroxylamine groups is 1. The van der Waals surface area contributed by atoms with Crippen LogP contribution in [0.3, 0.4) is 0 Å². The fourth-order valence-electron chi connectivity index (χ4n) is 1.24. The van der Waals surface area contributed by atoms with E-state index in [0.717, 1.165) is 21.6 Å². The molecule has 1 heterocycles. The van der Waals surface area contributed by atoms with E-state index in [1.54, 1.807) is 13.2 Å². The molecule has 0 unspecified atom stereocenters. The van der Waals surface area contributed by atoms with Gasteiger partial charge in [-0.25, -0.2) is 4.79 Å². The molecule has 14 heavy (non-hydrogen) atoms. The molecule has 1 aromatic carbocycles. The van der Waals surface area contributed by atoms with E-state index in [2.05, 4.69) is 5.48 Å². The number of nitrogens with one attached hydrogen (secondary N) is 1. The second kappa shape index (κ2) is 3.91. The average Bonchev–Trinajstić information content (AvgIpc) is 2.55. The maximum absolute atomic E-state index is 11.0. The summed E-state index contributed by atoms with van der Waals surface area (Å²) in [4.78, 5) is 15.5. The van der Waals surface area contributed by atoms with Crippen molar-refractivity contribution in [3.8, 4) is 0 Å². The van der Waals surface area contributed by atoms with Gasteiger partial charge in [-0.2, -0.15) is 5.48 Å². The van der Waals surface area contributed by atoms with Crippen LogP contribution in [0, 0.1) is 0 Å². The van der Waals surface area contributed by atoms with E-state index in [0.29, 0.717) is 12.1 Å². The highest BCUT2D eigenvalue weighted by Gasteiger charge is 2.06. The number of fused-ring (bicyclic) bond motifs is 1. The Bertz CT molecular complexity index is 488. The van der Waals surface area contributed by atoms with Crippen molar-refractivity contribution in [1.29, 1.82) is 0 Å². The van der Waals surface area contributed by atoms with E-state index >= 15 is 0 Å². The molecule has 5 heteroatoms. The maximum Gasteiger partial charge on any atom is 0.396 e. The minimum Gasteiger partial charge on any atom is -0.414 e. The van der Waals surface area contributed by atoms with Crippen molar-refractivity contribution >= 4 is 21.6 Å². The number of hydrogen-bond acceptors (Lipinski definition) is 5. The topological polar surface area (TPSA) is 51.5 Å². The lowest BCUT2D eigenvalue weighted by Gasteiger charge is -2.01. The Hall–Kier alpha value is -1.17. The molecule has 2 rings (SSSR count). The molecular weight excluding hydrogens is 202 g/mol. The highest BCUT2D eigenvalue weighted by Crippen LogP contribution is 2.21. The lowest BCUT2D eigenvalue weighted by Crippen LogP contribution is -2.10. The number of benzene rings is 1. The maximum atomic E-state index is 11.0. The summed E-state index contributed by atoms with van der Waals surface area (Å²) < 4.78 is 5.86. The smallest absolute Gasteiger partial charge is 0.396 e. The Kier molecular flexibility index (Phi) is 2.62. The zero-order chi connectivity index (χ0) is 9.97. The highest BCUT2D eigenvalue weighted by atomic mass is 32.1. The van der Waals surface area contributed by atoms with Gasteiger partial charge in [-0.05, 0) is 11.6 Å². The van der Waals surface area contributed by atoms with E-state index in [1.807, 2.05) is 12.1 Å². The first-order valence-corrected chi connectivity index (χ1v) is 4.90. The molecule has 0 atom stereocenters. The van der Waals surface area contributed by atoms with Crippen LogP contribution in [-0.4, -0.2) is 7.11 Å². The minimum atomic E-state index is -0.273. The summed E-state index contributed by atoms with van der Waals surface area (Å²) in [6, 6.07) is 5.56. The van der Waals surface area contributed by atoms with Crippen LogP contribution in [0.1, 0.15) is 5.56 Å². The molecule has 4 nitrogen and oxygen atoms in total. The highest BCUT2D eigenvalue weighted by molar-refractivity contribution is 7.16. The van der Waals surface area contributed by atoms with E-state index < -0.39 is 0 Å². The standard InChI is InChI=1S/C9H9NO3S/c1-12-10-5-6-3-2-4-7-8(6)14-9(11)13-7/h2-4,10H,5H2,1H3. The summed E-state index contributed by atoms with van der Waals surface area (Å²) in [5, 5.41) is 0. The quantitative estimate of drug-likeness (QED) is 0.782. The molecule has 0 fully saturated rings. The number of rotatable bonds is 3. The van der Waals surface area contributed by atoms with Crippen molar-refractivity contribution in [3.05, 3.63) is 33.5 Å². The van der Waals surface area contributed by atoms with E-state index in [-0.39, 0.29) is 4.94 Å². The lowest BCUT2D eigenvalue weighted by atomic mass is 10.2. The lowest BCUT2D eigenvalue weighted by molar-refractivity contribution is 0.0870. The van der Waals surface area contributed by atoms with Crippen molar-refractivity contribution in [2.75, 3.05) is 7.11 Å². The Morgan fingerprint density at radius 1 is 1.57 bits per heavy atom. The molecule has 1 aromatic heterocycles. The van der Waals surface area contributed by atoms with Crippen LogP contribution in [0.2, 0.25) is 0 Å². The second-order valence-electron chi connectivity index (χ2n) is 2.72. The van der Waals surface area contributed by atoms with Gasteiger partial charge in [0.25, 0.3) is 0 Å². The summed E-state index contributed by atoms with van der Waals surface area (Å²) in [6.07, 6.45) is 0. The Balaban J connectivity index is 2.47. The molecule has 0 spiro atoms. The van der Waals surface area contributed by atoms with Gasteiger partial charge in [-0.3, -0.25) is 0 Å². The first-order valence-electron chi connectivity index (χ1n) is 4.08. The SMILES string of the molecule is CONCc1cccc2oc(=O)sc12. The van der Waals surface area contributed by atoms with Crippen molar-refractivity contribution in [3.63, 3.8) is 0 Å². The van der Waals surface area contributed by atoms with Crippen LogP contribution in [0.5, 0.6) is 0 Å². The van der Waals surface area contributed by atoms with Crippen LogP contribution in [0.4, 0.5) is 0 Å². The van der Waals surface area contributed by atoms with Gasteiger partial charge < -0.3 is 9.25 Å². The van der Waals surface area contributed by atoms with Crippen molar-refractivity contribution in [2.45, 2.75) is 6.54 Å². The van der Waals surface area contributed by atoms with Crippen LogP contribution < -0.4 is 10.4 Å². The normalized spacial score (nSPS) is 10.9. The monoisotopic (exact) mass is 211 g/mol. The summed E-state index contributed by atoms with van der Waals surface area (Å²) in [7, 11) is 1.55. The van der Waals surface area contributed by atoms with Gasteiger partial charge >= 0.3 is 4.94 Å². The van der Waals surface area contributed by atoms with Crippen LogP contribution >= 0.6 is 11.3 Å². The van der Waals surface area contributed by atoms with E-state index in [4.69, 9.17) is 9.25 Å². The molecular formula is C9H9NO3S. The molecule has 0 aliphatic rings. The van der Waals surface area contributed by atoms with Crippen molar-refractivity contribution < 1.29 is 9.25 Å². The zero-order valence-corrected chi connectivity index (χ0v) is 8.39. The van der Waals surface area contributed by atoms with Gasteiger partial charge in [0.05, 0.1) is 11.8 Å². The third kappa shape index (κ3) is 1.70. The van der Waals surface area contributed by atoms with E-state index in [9.17, 15) is 4.79 Å². The number of hydrogen-bond donors (Lipinski definition) is 1. The Morgan fingerprint density at radius 2 is 2.43 bits per heavy atom. The van der Waals surface area contributed by atoms with Crippen molar-refractivity contribution in [2.24, 2.45) is 0 Å². The zero-order valence-electron chi connectivity index (χ0n) is 7.57. The molecule has 0 saturated heterocycles. The predicted octanol–water partition coefficient (Wildman–Crippen LogP) is 1.51. The third-order valence-electron chi connectivity index (χ3n) is 1.85. The van der Waals surface area contributed by atoms with Crippen LogP contribution in [0.15, 0.2) is 27.4 Å². The fourth-order valence-corrected chi connectivity index (χ4v) is 2.02. The van der Waals surface area contributed by atoms with Crippen molar-refractivity contribution in [1.82, 2.24) is 5.48 Å². The summed E-state index contributed by atoms with van der Waals surface area (Å²) in [5.41, 5.74) is 4.36. The molecule has 74 valence electrons. The largest absolute Gasteiger partial charge is 0.414 e. The molecule has 0 saturated carbocycles. The van der Waals surface area contributed by atoms with Gasteiger partial charge in [-0.15, -0.1) is 0 Å². The minimum absolute atomic E-state index is 0.273. The Morgan fingerprint density at radius 3 is 3.21 bits per heavy atom. The fraction of sp³-hybridized carbons (Fsp3) is 0.222. The molecule has 0 radical (unpaired) electrons. The average molecular weight is 211 g/mol. The third-order valence-corrected chi connectivity index (χ3v) is 2.76. The molecule has 0 amide bonds. The molecule has 0 bridgehead atoms. The van der Waals surface area contributed by atoms with Gasteiger partial charge in [0.1, 0.15) is 5.58 Å². The first-order chi connectivity index (χ1) is 6.81. The van der Waals surface area contributed by atoms with Crippen LogP contribution in [-0.2, 0) is 11.4 Å². The Labute approximate surface area is 84.1 Å².